The Morgan fingerprint density at radius 2 is 2.27 bits per heavy atom. The first kappa shape index (κ1) is 12.5. The maximum absolute atomic E-state index is 11.1. The summed E-state index contributed by atoms with van der Waals surface area (Å²) >= 11 is 0. The highest BCUT2D eigenvalue weighted by Gasteiger charge is 2.31. The van der Waals surface area contributed by atoms with Crippen LogP contribution in [0, 0.1) is 5.92 Å². The van der Waals surface area contributed by atoms with Crippen LogP contribution in [0.2, 0.25) is 0 Å². The molecule has 1 heterocycles. The van der Waals surface area contributed by atoms with Crippen molar-refractivity contribution in [2.75, 3.05) is 13.1 Å². The summed E-state index contributed by atoms with van der Waals surface area (Å²) in [7, 11) is 0. The van der Waals surface area contributed by atoms with E-state index in [-0.39, 0.29) is 18.1 Å². The van der Waals surface area contributed by atoms with Crippen molar-refractivity contribution < 1.29 is 15.0 Å². The van der Waals surface area contributed by atoms with E-state index in [1.54, 1.807) is 0 Å². The van der Waals surface area contributed by atoms with Gasteiger partial charge < -0.3 is 10.2 Å². The van der Waals surface area contributed by atoms with Crippen LogP contribution in [-0.2, 0) is 4.79 Å². The third kappa shape index (κ3) is 3.18. The summed E-state index contributed by atoms with van der Waals surface area (Å²) in [5, 5.41) is 18.7. The Hall–Kier alpha value is -0.610. The summed E-state index contributed by atoms with van der Waals surface area (Å²) in [5.74, 6) is -0.558. The van der Waals surface area contributed by atoms with Crippen LogP contribution in [0.3, 0.4) is 0 Å². The Balaban J connectivity index is 2.57. The average Bonchev–Trinajstić information content (AvgIpc) is 2.18. The number of carbonyl (C=O) groups is 1. The van der Waals surface area contributed by atoms with Gasteiger partial charge in [-0.05, 0) is 18.8 Å². The molecule has 2 N–H and O–H groups in total. The van der Waals surface area contributed by atoms with Crippen LogP contribution in [0.5, 0.6) is 0 Å². The highest BCUT2D eigenvalue weighted by Crippen LogP contribution is 2.20. The molecule has 1 rings (SSSR count). The van der Waals surface area contributed by atoms with Crippen molar-refractivity contribution in [3.05, 3.63) is 0 Å². The van der Waals surface area contributed by atoms with Crippen LogP contribution in [0.15, 0.2) is 0 Å². The SMILES string of the molecule is CCCC(C(=O)O)N1CCC(O)C(C)C1. The fourth-order valence-corrected chi connectivity index (χ4v) is 2.18. The first-order valence-electron chi connectivity index (χ1n) is 5.71. The van der Waals surface area contributed by atoms with Crippen LogP contribution >= 0.6 is 0 Å². The molecular weight excluding hydrogens is 194 g/mol. The van der Waals surface area contributed by atoms with Gasteiger partial charge in [-0.25, -0.2) is 0 Å². The lowest BCUT2D eigenvalue weighted by Crippen LogP contribution is -2.49. The summed E-state index contributed by atoms with van der Waals surface area (Å²) in [5.41, 5.74) is 0. The second kappa shape index (κ2) is 5.47. The molecule has 88 valence electrons. The van der Waals surface area contributed by atoms with E-state index in [9.17, 15) is 9.90 Å². The number of aliphatic carboxylic acids is 1. The maximum atomic E-state index is 11.1. The van der Waals surface area contributed by atoms with E-state index < -0.39 is 5.97 Å². The van der Waals surface area contributed by atoms with Crippen LogP contribution in [0.25, 0.3) is 0 Å². The number of aliphatic hydroxyl groups is 1. The zero-order valence-corrected chi connectivity index (χ0v) is 9.52. The van der Waals surface area contributed by atoms with Gasteiger partial charge >= 0.3 is 5.97 Å². The molecule has 0 saturated carbocycles. The Morgan fingerprint density at radius 3 is 2.73 bits per heavy atom. The van der Waals surface area contributed by atoms with Crippen molar-refractivity contribution in [3.8, 4) is 0 Å². The van der Waals surface area contributed by atoms with Crippen molar-refractivity contribution in [2.45, 2.75) is 45.3 Å². The zero-order chi connectivity index (χ0) is 11.4. The largest absolute Gasteiger partial charge is 0.480 e. The molecule has 0 radical (unpaired) electrons. The number of rotatable bonds is 4. The van der Waals surface area contributed by atoms with Crippen molar-refractivity contribution >= 4 is 5.97 Å². The van der Waals surface area contributed by atoms with E-state index in [1.807, 2.05) is 18.7 Å². The summed E-state index contributed by atoms with van der Waals surface area (Å²) in [4.78, 5) is 13.1. The van der Waals surface area contributed by atoms with E-state index >= 15 is 0 Å². The normalized spacial score (nSPS) is 30.1. The van der Waals surface area contributed by atoms with E-state index in [1.165, 1.54) is 0 Å². The van der Waals surface area contributed by atoms with Crippen molar-refractivity contribution in [1.29, 1.82) is 0 Å². The van der Waals surface area contributed by atoms with Gasteiger partial charge in [-0.3, -0.25) is 9.69 Å². The van der Waals surface area contributed by atoms with Gasteiger partial charge in [0.25, 0.3) is 0 Å². The molecule has 0 bridgehead atoms. The van der Waals surface area contributed by atoms with Gasteiger partial charge in [-0.1, -0.05) is 20.3 Å². The Labute approximate surface area is 90.9 Å². The monoisotopic (exact) mass is 215 g/mol. The molecule has 3 unspecified atom stereocenters. The lowest BCUT2D eigenvalue weighted by atomic mass is 9.94. The molecule has 4 nitrogen and oxygen atoms in total. The van der Waals surface area contributed by atoms with Gasteiger partial charge in [0.1, 0.15) is 6.04 Å². The molecule has 1 aliphatic heterocycles. The summed E-state index contributed by atoms with van der Waals surface area (Å²) in [6.07, 6.45) is 1.99. The van der Waals surface area contributed by atoms with Crippen LogP contribution in [-0.4, -0.2) is 46.3 Å². The van der Waals surface area contributed by atoms with Gasteiger partial charge in [-0.2, -0.15) is 0 Å². The molecular formula is C11H21NO3. The summed E-state index contributed by atoms with van der Waals surface area (Å²) in [6.45, 7) is 5.36. The molecule has 3 atom stereocenters. The molecule has 0 spiro atoms. The highest BCUT2D eigenvalue weighted by atomic mass is 16.4. The van der Waals surface area contributed by atoms with Gasteiger partial charge in [0.05, 0.1) is 6.10 Å². The molecule has 1 aliphatic rings. The molecule has 1 saturated heterocycles. The van der Waals surface area contributed by atoms with E-state index in [0.717, 1.165) is 6.42 Å². The fraction of sp³-hybridized carbons (Fsp3) is 0.909. The average molecular weight is 215 g/mol. The molecule has 0 aromatic rings. The Bertz CT molecular complexity index is 220. The second-order valence-corrected chi connectivity index (χ2v) is 4.47. The predicted octanol–water partition coefficient (Wildman–Crippen LogP) is 0.942. The van der Waals surface area contributed by atoms with E-state index in [0.29, 0.717) is 25.9 Å². The fourth-order valence-electron chi connectivity index (χ4n) is 2.18. The lowest BCUT2D eigenvalue weighted by Gasteiger charge is -2.37. The number of aliphatic hydroxyl groups excluding tert-OH is 1. The van der Waals surface area contributed by atoms with Crippen LogP contribution in [0.1, 0.15) is 33.1 Å². The third-order valence-electron chi connectivity index (χ3n) is 3.18. The van der Waals surface area contributed by atoms with E-state index in [4.69, 9.17) is 5.11 Å². The standard InChI is InChI=1S/C11H21NO3/c1-3-4-9(11(14)15)12-6-5-10(13)8(2)7-12/h8-10,13H,3-7H2,1-2H3,(H,14,15). The minimum Gasteiger partial charge on any atom is -0.480 e. The number of nitrogens with zero attached hydrogens (tertiary/aromatic N) is 1. The molecule has 1 fully saturated rings. The van der Waals surface area contributed by atoms with Crippen molar-refractivity contribution in [2.24, 2.45) is 5.92 Å². The summed E-state index contributed by atoms with van der Waals surface area (Å²) in [6, 6.07) is -0.370. The Kier molecular flexibility index (Phi) is 4.54. The first-order chi connectivity index (χ1) is 7.06. The summed E-state index contributed by atoms with van der Waals surface area (Å²) < 4.78 is 0. The number of carboxylic acids is 1. The predicted molar refractivity (Wildman–Crippen MR) is 57.7 cm³/mol. The molecule has 0 aromatic carbocycles. The number of piperidine rings is 1. The molecule has 4 heteroatoms. The smallest absolute Gasteiger partial charge is 0.320 e. The Morgan fingerprint density at radius 1 is 1.60 bits per heavy atom. The van der Waals surface area contributed by atoms with Crippen LogP contribution < -0.4 is 0 Å². The number of hydrogen-bond donors (Lipinski definition) is 2. The molecule has 0 aromatic heterocycles. The highest BCUT2D eigenvalue weighted by molar-refractivity contribution is 5.73. The van der Waals surface area contributed by atoms with Gasteiger partial charge in [0.2, 0.25) is 0 Å². The third-order valence-corrected chi connectivity index (χ3v) is 3.18. The van der Waals surface area contributed by atoms with Gasteiger partial charge in [-0.15, -0.1) is 0 Å². The topological polar surface area (TPSA) is 60.8 Å². The lowest BCUT2D eigenvalue weighted by molar-refractivity contribution is -0.145. The quantitative estimate of drug-likeness (QED) is 0.732. The van der Waals surface area contributed by atoms with Crippen molar-refractivity contribution in [1.82, 2.24) is 4.90 Å². The molecule has 15 heavy (non-hydrogen) atoms. The maximum Gasteiger partial charge on any atom is 0.320 e. The minimum atomic E-state index is -0.736. The minimum absolute atomic E-state index is 0.178. The number of hydrogen-bond acceptors (Lipinski definition) is 3. The second-order valence-electron chi connectivity index (χ2n) is 4.47. The molecule has 0 aliphatic carbocycles. The first-order valence-corrected chi connectivity index (χ1v) is 5.71. The number of likely N-dealkylation sites (tertiary alicyclic amines) is 1. The van der Waals surface area contributed by atoms with Crippen molar-refractivity contribution in [3.63, 3.8) is 0 Å². The number of carboxylic acid groups (broad SMARTS) is 1. The molecule has 0 amide bonds. The zero-order valence-electron chi connectivity index (χ0n) is 9.52. The van der Waals surface area contributed by atoms with Gasteiger partial charge in [0.15, 0.2) is 0 Å². The van der Waals surface area contributed by atoms with E-state index in [2.05, 4.69) is 0 Å². The van der Waals surface area contributed by atoms with Gasteiger partial charge in [0, 0.05) is 13.1 Å². The van der Waals surface area contributed by atoms with Crippen LogP contribution in [0.4, 0.5) is 0 Å².